The van der Waals surface area contributed by atoms with Crippen molar-refractivity contribution < 1.29 is 4.74 Å². The van der Waals surface area contributed by atoms with Crippen molar-refractivity contribution in [2.75, 3.05) is 39.1 Å². The fraction of sp³-hybridized carbons (Fsp3) is 0.923. The smallest absolute Gasteiger partial charge is 0.0635 e. The number of ether oxygens (including phenoxy) is 1. The number of nitrogens with zero attached hydrogens (tertiary/aromatic N) is 2. The number of nitriles is 1. The summed E-state index contributed by atoms with van der Waals surface area (Å²) in [6.07, 6.45) is 0.577. The number of hydrogen-bond donors (Lipinski definition) is 1. The van der Waals surface area contributed by atoms with Crippen molar-refractivity contribution in [1.29, 1.82) is 5.26 Å². The van der Waals surface area contributed by atoms with Gasteiger partial charge in [0.05, 0.1) is 12.7 Å². The van der Waals surface area contributed by atoms with Crippen molar-refractivity contribution in [1.82, 2.24) is 4.90 Å². The van der Waals surface area contributed by atoms with E-state index in [1.807, 2.05) is 0 Å². The molecule has 0 fully saturated rings. The Hall–Kier alpha value is -0.240. The van der Waals surface area contributed by atoms with E-state index in [4.69, 9.17) is 10.00 Å². The lowest BCUT2D eigenvalue weighted by atomic mass is 9.81. The zero-order valence-corrected chi connectivity index (χ0v) is 12.5. The minimum Gasteiger partial charge on any atom is -0.383 e. The summed E-state index contributed by atoms with van der Waals surface area (Å²) in [5, 5.41) is 8.67. The first-order chi connectivity index (χ1) is 7.95. The molecule has 1 unspecified atom stereocenters. The molecule has 3 nitrogen and oxygen atoms in total. The van der Waals surface area contributed by atoms with Crippen molar-refractivity contribution in [2.24, 2.45) is 11.3 Å². The van der Waals surface area contributed by atoms with Crippen LogP contribution in [0.25, 0.3) is 0 Å². The second-order valence-electron chi connectivity index (χ2n) is 5.45. The third-order valence-corrected chi connectivity index (χ3v) is 3.52. The molecule has 0 radical (unpaired) electrons. The van der Waals surface area contributed by atoms with E-state index in [1.54, 1.807) is 7.11 Å². The molecule has 100 valence electrons. The van der Waals surface area contributed by atoms with E-state index >= 15 is 0 Å². The summed E-state index contributed by atoms with van der Waals surface area (Å²) in [4.78, 5) is 2.30. The van der Waals surface area contributed by atoms with Crippen LogP contribution in [-0.2, 0) is 4.74 Å². The maximum Gasteiger partial charge on any atom is 0.0635 e. The van der Waals surface area contributed by atoms with Gasteiger partial charge in [-0.1, -0.05) is 20.8 Å². The van der Waals surface area contributed by atoms with Gasteiger partial charge in [0.2, 0.25) is 0 Å². The van der Waals surface area contributed by atoms with Crippen LogP contribution < -0.4 is 0 Å². The fourth-order valence-electron chi connectivity index (χ4n) is 1.64. The van der Waals surface area contributed by atoms with Crippen molar-refractivity contribution >= 4 is 12.6 Å². The third-order valence-electron chi connectivity index (χ3n) is 3.08. The average Bonchev–Trinajstić information content (AvgIpc) is 2.26. The molecule has 0 aliphatic rings. The first-order valence-corrected chi connectivity index (χ1v) is 6.78. The molecule has 4 heteroatoms. The van der Waals surface area contributed by atoms with E-state index in [1.165, 1.54) is 0 Å². The van der Waals surface area contributed by atoms with Crippen molar-refractivity contribution in [2.45, 2.75) is 27.2 Å². The Morgan fingerprint density at radius 2 is 2.00 bits per heavy atom. The normalized spacial score (nSPS) is 13.7. The third kappa shape index (κ3) is 7.64. The molecule has 0 N–H and O–H groups in total. The Morgan fingerprint density at radius 1 is 1.35 bits per heavy atom. The Bertz CT molecular complexity index is 233. The molecule has 0 aromatic rings. The molecule has 0 rings (SSSR count). The Labute approximate surface area is 112 Å². The molecule has 0 aliphatic carbocycles. The lowest BCUT2D eigenvalue weighted by molar-refractivity contribution is 0.118. The summed E-state index contributed by atoms with van der Waals surface area (Å²) < 4.78 is 5.11. The van der Waals surface area contributed by atoms with Crippen LogP contribution in [0.2, 0.25) is 0 Å². The molecule has 0 aromatic carbocycles. The highest BCUT2D eigenvalue weighted by Crippen LogP contribution is 2.27. The maximum absolute atomic E-state index is 8.67. The van der Waals surface area contributed by atoms with Crippen LogP contribution in [0.15, 0.2) is 0 Å². The highest BCUT2D eigenvalue weighted by molar-refractivity contribution is 7.80. The second-order valence-corrected chi connectivity index (χ2v) is 5.81. The molecule has 0 amide bonds. The quantitative estimate of drug-likeness (QED) is 0.679. The Morgan fingerprint density at radius 3 is 2.41 bits per heavy atom. The van der Waals surface area contributed by atoms with Crippen LogP contribution in [0, 0.1) is 22.7 Å². The van der Waals surface area contributed by atoms with Gasteiger partial charge in [0, 0.05) is 33.2 Å². The van der Waals surface area contributed by atoms with E-state index in [0.29, 0.717) is 12.3 Å². The second kappa shape index (κ2) is 8.79. The Kier molecular flexibility index (Phi) is 8.67. The van der Waals surface area contributed by atoms with Gasteiger partial charge in [-0.3, -0.25) is 4.90 Å². The van der Waals surface area contributed by atoms with Gasteiger partial charge in [-0.2, -0.15) is 17.9 Å². The van der Waals surface area contributed by atoms with Crippen LogP contribution in [0.3, 0.4) is 0 Å². The first-order valence-electron chi connectivity index (χ1n) is 6.14. The number of thiol groups is 1. The first kappa shape index (κ1) is 16.8. The van der Waals surface area contributed by atoms with Gasteiger partial charge < -0.3 is 4.74 Å². The molecule has 17 heavy (non-hydrogen) atoms. The summed E-state index contributed by atoms with van der Waals surface area (Å²) in [6, 6.07) is 2.20. The summed E-state index contributed by atoms with van der Waals surface area (Å²) in [5.74, 6) is 1.40. The van der Waals surface area contributed by atoms with Crippen molar-refractivity contribution in [3.05, 3.63) is 0 Å². The van der Waals surface area contributed by atoms with E-state index in [9.17, 15) is 0 Å². The van der Waals surface area contributed by atoms with Crippen molar-refractivity contribution in [3.63, 3.8) is 0 Å². The zero-order valence-electron chi connectivity index (χ0n) is 11.6. The monoisotopic (exact) mass is 258 g/mol. The van der Waals surface area contributed by atoms with Gasteiger partial charge in [0.15, 0.2) is 0 Å². The molecular weight excluding hydrogens is 232 g/mol. The van der Waals surface area contributed by atoms with Crippen LogP contribution in [-0.4, -0.2) is 44.0 Å². The van der Waals surface area contributed by atoms with Gasteiger partial charge in [-0.25, -0.2) is 0 Å². The molecule has 0 spiro atoms. The Balaban J connectivity index is 4.32. The van der Waals surface area contributed by atoms with Crippen LogP contribution >= 0.6 is 12.6 Å². The topological polar surface area (TPSA) is 36.3 Å². The highest BCUT2D eigenvalue weighted by atomic mass is 32.1. The van der Waals surface area contributed by atoms with E-state index in [2.05, 4.69) is 44.4 Å². The minimum absolute atomic E-state index is 0.250. The molecule has 0 bridgehead atoms. The van der Waals surface area contributed by atoms with Crippen LogP contribution in [0.4, 0.5) is 0 Å². The van der Waals surface area contributed by atoms with Gasteiger partial charge in [0.25, 0.3) is 0 Å². The van der Waals surface area contributed by atoms with Gasteiger partial charge in [-0.05, 0) is 17.1 Å². The molecule has 0 saturated carbocycles. The SMILES string of the molecule is COCCN(CCC#N)CC(CS)C(C)(C)C. The molecule has 0 saturated heterocycles. The molecule has 1 atom stereocenters. The van der Waals surface area contributed by atoms with E-state index in [-0.39, 0.29) is 5.41 Å². The average molecular weight is 258 g/mol. The number of hydrogen-bond acceptors (Lipinski definition) is 4. The van der Waals surface area contributed by atoms with Gasteiger partial charge in [0.1, 0.15) is 0 Å². The summed E-state index contributed by atoms with van der Waals surface area (Å²) in [7, 11) is 1.71. The standard InChI is InChI=1S/C13H26N2OS/c1-13(2,3)12(11-17)10-15(7-5-6-14)8-9-16-4/h12,17H,5,7-11H2,1-4H3. The number of methoxy groups -OCH3 is 1. The predicted molar refractivity (Wildman–Crippen MR) is 75.3 cm³/mol. The maximum atomic E-state index is 8.67. The van der Waals surface area contributed by atoms with E-state index < -0.39 is 0 Å². The molecule has 0 heterocycles. The molecule has 0 aliphatic heterocycles. The summed E-state index contributed by atoms with van der Waals surface area (Å²) >= 11 is 4.44. The predicted octanol–water partition coefficient (Wildman–Crippen LogP) is 2.44. The van der Waals surface area contributed by atoms with E-state index in [0.717, 1.165) is 32.0 Å². The highest BCUT2D eigenvalue weighted by Gasteiger charge is 2.25. The van der Waals surface area contributed by atoms with Gasteiger partial charge in [-0.15, -0.1) is 0 Å². The van der Waals surface area contributed by atoms with Crippen LogP contribution in [0.1, 0.15) is 27.2 Å². The summed E-state index contributed by atoms with van der Waals surface area (Å²) in [6.45, 7) is 10.1. The van der Waals surface area contributed by atoms with Crippen LogP contribution in [0.5, 0.6) is 0 Å². The largest absolute Gasteiger partial charge is 0.383 e. The lowest BCUT2D eigenvalue weighted by Gasteiger charge is -2.34. The number of rotatable bonds is 8. The molecular formula is C13H26N2OS. The van der Waals surface area contributed by atoms with Crippen molar-refractivity contribution in [3.8, 4) is 6.07 Å². The molecule has 0 aromatic heterocycles. The lowest BCUT2D eigenvalue weighted by Crippen LogP contribution is -2.38. The summed E-state index contributed by atoms with van der Waals surface area (Å²) in [5.41, 5.74) is 0.250. The fourth-order valence-corrected chi connectivity index (χ4v) is 2.30. The zero-order chi connectivity index (χ0) is 13.3. The minimum atomic E-state index is 0.250. The van der Waals surface area contributed by atoms with Gasteiger partial charge >= 0.3 is 0 Å².